The Balaban J connectivity index is 3.51. The molecule has 0 fully saturated rings. The van der Waals surface area contributed by atoms with E-state index in [0.717, 1.165) is 0 Å². The van der Waals surface area contributed by atoms with Gasteiger partial charge in [0.05, 0.1) is 19.8 Å². The van der Waals surface area contributed by atoms with Crippen molar-refractivity contribution in [2.75, 3.05) is 14.2 Å². The van der Waals surface area contributed by atoms with Crippen LogP contribution in [-0.2, 0) is 5.60 Å². The summed E-state index contributed by atoms with van der Waals surface area (Å²) in [5.74, 6) is -0.299. The summed E-state index contributed by atoms with van der Waals surface area (Å²) in [5.41, 5.74) is -1.28. The Morgan fingerprint density at radius 1 is 1.31 bits per heavy atom. The van der Waals surface area contributed by atoms with Crippen LogP contribution in [-0.4, -0.2) is 19.3 Å². The van der Waals surface area contributed by atoms with Crippen molar-refractivity contribution >= 4 is 11.6 Å². The van der Waals surface area contributed by atoms with E-state index in [1.807, 2.05) is 0 Å². The molecule has 1 rings (SSSR count). The van der Waals surface area contributed by atoms with E-state index in [2.05, 4.69) is 0 Å². The number of ether oxygens (including phenoxy) is 2. The average molecular weight is 249 g/mol. The fraction of sp³-hybridized carbons (Fsp3) is 0.455. The Hall–Kier alpha value is -1.00. The van der Waals surface area contributed by atoms with Crippen molar-refractivity contribution in [2.45, 2.75) is 19.4 Å². The molecule has 0 amide bonds. The second kappa shape index (κ2) is 4.47. The fourth-order valence-electron chi connectivity index (χ4n) is 1.37. The Morgan fingerprint density at radius 2 is 1.88 bits per heavy atom. The molecule has 0 aliphatic carbocycles. The Kier molecular flexibility index (Phi) is 3.65. The van der Waals surface area contributed by atoms with E-state index in [-0.39, 0.29) is 22.1 Å². The van der Waals surface area contributed by atoms with E-state index in [1.54, 1.807) is 0 Å². The SMILES string of the molecule is COc1cc(C(C)(C)O)c(F)c(Cl)c1OC. The third-order valence-corrected chi connectivity index (χ3v) is 2.55. The molecular weight excluding hydrogens is 235 g/mol. The molecular formula is C11H14ClFO3. The Morgan fingerprint density at radius 3 is 2.25 bits per heavy atom. The highest BCUT2D eigenvalue weighted by molar-refractivity contribution is 6.32. The zero-order valence-corrected chi connectivity index (χ0v) is 10.4. The summed E-state index contributed by atoms with van der Waals surface area (Å²) >= 11 is 5.80. The van der Waals surface area contributed by atoms with Crippen molar-refractivity contribution in [1.29, 1.82) is 0 Å². The van der Waals surface area contributed by atoms with Gasteiger partial charge in [-0.05, 0) is 19.9 Å². The monoisotopic (exact) mass is 248 g/mol. The summed E-state index contributed by atoms with van der Waals surface area (Å²) in [6.07, 6.45) is 0. The molecule has 0 radical (unpaired) electrons. The summed E-state index contributed by atoms with van der Waals surface area (Å²) in [4.78, 5) is 0. The van der Waals surface area contributed by atoms with Crippen molar-refractivity contribution < 1.29 is 19.0 Å². The Bertz CT molecular complexity index is 399. The molecule has 0 unspecified atom stereocenters. The zero-order valence-electron chi connectivity index (χ0n) is 9.60. The van der Waals surface area contributed by atoms with Crippen LogP contribution in [0.15, 0.2) is 6.07 Å². The predicted molar refractivity (Wildman–Crippen MR) is 59.8 cm³/mol. The molecule has 0 aromatic heterocycles. The highest BCUT2D eigenvalue weighted by Gasteiger charge is 2.27. The Labute approximate surface area is 98.7 Å². The smallest absolute Gasteiger partial charge is 0.182 e. The van der Waals surface area contributed by atoms with Gasteiger partial charge in [0.15, 0.2) is 17.3 Å². The minimum Gasteiger partial charge on any atom is -0.493 e. The van der Waals surface area contributed by atoms with E-state index >= 15 is 0 Å². The largest absolute Gasteiger partial charge is 0.493 e. The van der Waals surface area contributed by atoms with Gasteiger partial charge in [-0.2, -0.15) is 0 Å². The lowest BCUT2D eigenvalue weighted by Gasteiger charge is -2.21. The second-order valence-electron chi connectivity index (χ2n) is 3.85. The van der Waals surface area contributed by atoms with Gasteiger partial charge >= 0.3 is 0 Å². The van der Waals surface area contributed by atoms with Gasteiger partial charge in [0.2, 0.25) is 0 Å². The number of hydrogen-bond acceptors (Lipinski definition) is 3. The van der Waals surface area contributed by atoms with Crippen LogP contribution >= 0.6 is 11.6 Å². The lowest BCUT2D eigenvalue weighted by atomic mass is 9.97. The normalized spacial score (nSPS) is 11.4. The van der Waals surface area contributed by atoms with Gasteiger partial charge in [0, 0.05) is 5.56 Å². The van der Waals surface area contributed by atoms with Crippen LogP contribution < -0.4 is 9.47 Å². The van der Waals surface area contributed by atoms with Crippen LogP contribution in [0.3, 0.4) is 0 Å². The molecule has 1 aromatic rings. The topological polar surface area (TPSA) is 38.7 Å². The van der Waals surface area contributed by atoms with Crippen molar-refractivity contribution in [2.24, 2.45) is 0 Å². The molecule has 0 spiro atoms. The molecule has 0 atom stereocenters. The fourth-order valence-corrected chi connectivity index (χ4v) is 1.65. The van der Waals surface area contributed by atoms with E-state index in [1.165, 1.54) is 34.1 Å². The van der Waals surface area contributed by atoms with E-state index in [9.17, 15) is 9.50 Å². The van der Waals surface area contributed by atoms with Crippen LogP contribution in [0.5, 0.6) is 11.5 Å². The molecule has 5 heteroatoms. The second-order valence-corrected chi connectivity index (χ2v) is 4.22. The van der Waals surface area contributed by atoms with Crippen LogP contribution in [0.4, 0.5) is 4.39 Å². The van der Waals surface area contributed by atoms with E-state index in [4.69, 9.17) is 21.1 Å². The first kappa shape index (κ1) is 13.1. The van der Waals surface area contributed by atoms with Gasteiger partial charge in [-0.25, -0.2) is 4.39 Å². The molecule has 0 saturated heterocycles. The number of halogens is 2. The molecule has 1 aromatic carbocycles. The standard InChI is InChI=1S/C11H14ClFO3/c1-11(2,14)6-5-7(15-3)10(16-4)8(12)9(6)13/h5,14H,1-4H3. The lowest BCUT2D eigenvalue weighted by molar-refractivity contribution is 0.0741. The van der Waals surface area contributed by atoms with Gasteiger partial charge < -0.3 is 14.6 Å². The maximum absolute atomic E-state index is 13.8. The van der Waals surface area contributed by atoms with Gasteiger partial charge in [-0.1, -0.05) is 11.6 Å². The maximum atomic E-state index is 13.8. The summed E-state index contributed by atoms with van der Waals surface area (Å²) in [6.45, 7) is 2.93. The molecule has 0 aliphatic rings. The molecule has 16 heavy (non-hydrogen) atoms. The zero-order chi connectivity index (χ0) is 12.5. The quantitative estimate of drug-likeness (QED) is 0.894. The average Bonchev–Trinajstić information content (AvgIpc) is 2.19. The van der Waals surface area contributed by atoms with Crippen molar-refractivity contribution in [3.63, 3.8) is 0 Å². The van der Waals surface area contributed by atoms with Gasteiger partial charge in [0.1, 0.15) is 5.02 Å². The number of methoxy groups -OCH3 is 2. The third-order valence-electron chi connectivity index (χ3n) is 2.21. The third kappa shape index (κ3) is 2.23. The van der Waals surface area contributed by atoms with Gasteiger partial charge in [-0.15, -0.1) is 0 Å². The van der Waals surface area contributed by atoms with E-state index < -0.39 is 11.4 Å². The van der Waals surface area contributed by atoms with Crippen molar-refractivity contribution in [1.82, 2.24) is 0 Å². The summed E-state index contributed by atoms with van der Waals surface area (Å²) in [6, 6.07) is 1.38. The number of benzene rings is 1. The van der Waals surface area contributed by atoms with E-state index in [0.29, 0.717) is 0 Å². The minimum atomic E-state index is -1.34. The van der Waals surface area contributed by atoms with Crippen molar-refractivity contribution in [3.05, 3.63) is 22.5 Å². The highest BCUT2D eigenvalue weighted by atomic mass is 35.5. The molecule has 0 heterocycles. The predicted octanol–water partition coefficient (Wildman–Crippen LogP) is 2.72. The maximum Gasteiger partial charge on any atom is 0.182 e. The number of hydrogen-bond donors (Lipinski definition) is 1. The van der Waals surface area contributed by atoms with Gasteiger partial charge in [0.25, 0.3) is 0 Å². The van der Waals surface area contributed by atoms with Crippen molar-refractivity contribution in [3.8, 4) is 11.5 Å². The summed E-state index contributed by atoms with van der Waals surface area (Å²) in [5, 5.41) is 9.59. The summed E-state index contributed by atoms with van der Waals surface area (Å²) < 4.78 is 23.8. The lowest BCUT2D eigenvalue weighted by Crippen LogP contribution is -2.18. The first-order chi connectivity index (χ1) is 7.32. The van der Waals surface area contributed by atoms with Crippen LogP contribution in [0.2, 0.25) is 5.02 Å². The first-order valence-electron chi connectivity index (χ1n) is 4.65. The highest BCUT2D eigenvalue weighted by Crippen LogP contribution is 2.41. The van der Waals surface area contributed by atoms with Gasteiger partial charge in [-0.3, -0.25) is 0 Å². The molecule has 90 valence electrons. The molecule has 1 N–H and O–H groups in total. The number of rotatable bonds is 3. The molecule has 3 nitrogen and oxygen atoms in total. The minimum absolute atomic E-state index is 0.0650. The van der Waals surface area contributed by atoms with Crippen LogP contribution in [0, 0.1) is 5.82 Å². The summed E-state index contributed by atoms with van der Waals surface area (Å²) in [7, 11) is 2.78. The van der Waals surface area contributed by atoms with Crippen LogP contribution in [0.1, 0.15) is 19.4 Å². The molecule has 0 saturated carbocycles. The van der Waals surface area contributed by atoms with Crippen LogP contribution in [0.25, 0.3) is 0 Å². The molecule has 0 bridgehead atoms. The molecule has 0 aliphatic heterocycles. The number of aliphatic hydroxyl groups is 1. The first-order valence-corrected chi connectivity index (χ1v) is 5.03.